The highest BCUT2D eigenvalue weighted by atomic mass is 35.5. The minimum absolute atomic E-state index is 0.0347. The van der Waals surface area contributed by atoms with Crippen molar-refractivity contribution in [2.75, 3.05) is 0 Å². The molecular formula is C11H9ClN2O2. The van der Waals surface area contributed by atoms with E-state index in [-0.39, 0.29) is 5.69 Å². The Bertz CT molecular complexity index is 531. The highest BCUT2D eigenvalue weighted by Crippen LogP contribution is 2.15. The van der Waals surface area contributed by atoms with E-state index in [4.69, 9.17) is 16.7 Å². The smallest absolute Gasteiger partial charge is 0.356 e. The van der Waals surface area contributed by atoms with Crippen molar-refractivity contribution in [3.8, 4) is 5.69 Å². The summed E-state index contributed by atoms with van der Waals surface area (Å²) >= 11 is 5.77. The molecule has 2 aromatic rings. The van der Waals surface area contributed by atoms with Crippen molar-refractivity contribution in [2.45, 2.75) is 6.92 Å². The van der Waals surface area contributed by atoms with Gasteiger partial charge in [0.25, 0.3) is 0 Å². The topological polar surface area (TPSA) is 55.1 Å². The van der Waals surface area contributed by atoms with E-state index in [1.54, 1.807) is 35.9 Å². The molecule has 0 aliphatic carbocycles. The van der Waals surface area contributed by atoms with Gasteiger partial charge in [0.2, 0.25) is 0 Å². The maximum absolute atomic E-state index is 10.8. The number of carboxylic acids is 1. The summed E-state index contributed by atoms with van der Waals surface area (Å²) in [5.74, 6) is -1.03. The fourth-order valence-corrected chi connectivity index (χ4v) is 1.55. The molecule has 1 aromatic carbocycles. The summed E-state index contributed by atoms with van der Waals surface area (Å²) in [6.45, 7) is 1.80. The van der Waals surface area contributed by atoms with Gasteiger partial charge in [-0.1, -0.05) is 11.6 Å². The summed E-state index contributed by atoms with van der Waals surface area (Å²) in [6.07, 6.45) is 0. The largest absolute Gasteiger partial charge is 0.476 e. The molecular weight excluding hydrogens is 228 g/mol. The number of benzene rings is 1. The summed E-state index contributed by atoms with van der Waals surface area (Å²) in [6, 6.07) is 8.57. The predicted molar refractivity (Wildman–Crippen MR) is 60.3 cm³/mol. The summed E-state index contributed by atoms with van der Waals surface area (Å²) in [5.41, 5.74) is 1.58. The molecule has 0 aliphatic rings. The standard InChI is InChI=1S/C11H9ClN2O2/c1-7-6-10(11(15)16)13-14(7)9-4-2-8(12)3-5-9/h2-6H,1H3,(H,15,16). The van der Waals surface area contributed by atoms with Gasteiger partial charge in [0, 0.05) is 10.7 Å². The Morgan fingerprint density at radius 1 is 1.38 bits per heavy atom. The Morgan fingerprint density at radius 3 is 2.50 bits per heavy atom. The lowest BCUT2D eigenvalue weighted by atomic mass is 10.3. The van der Waals surface area contributed by atoms with Gasteiger partial charge in [-0.15, -0.1) is 0 Å². The van der Waals surface area contributed by atoms with Gasteiger partial charge in [-0.2, -0.15) is 5.10 Å². The molecule has 82 valence electrons. The second-order valence-electron chi connectivity index (χ2n) is 3.36. The number of hydrogen-bond acceptors (Lipinski definition) is 2. The Morgan fingerprint density at radius 2 is 2.00 bits per heavy atom. The van der Waals surface area contributed by atoms with Gasteiger partial charge in [-0.25, -0.2) is 9.48 Å². The zero-order valence-electron chi connectivity index (χ0n) is 8.51. The van der Waals surface area contributed by atoms with E-state index in [2.05, 4.69) is 5.10 Å². The normalized spacial score (nSPS) is 10.4. The summed E-state index contributed by atoms with van der Waals surface area (Å²) in [7, 11) is 0. The van der Waals surface area contributed by atoms with Crippen molar-refractivity contribution in [1.29, 1.82) is 0 Å². The Hall–Kier alpha value is -1.81. The van der Waals surface area contributed by atoms with Crippen LogP contribution in [0.3, 0.4) is 0 Å². The van der Waals surface area contributed by atoms with Crippen LogP contribution in [0.4, 0.5) is 0 Å². The lowest BCUT2D eigenvalue weighted by Gasteiger charge is -2.03. The van der Waals surface area contributed by atoms with E-state index >= 15 is 0 Å². The van der Waals surface area contributed by atoms with Crippen molar-refractivity contribution in [2.24, 2.45) is 0 Å². The van der Waals surface area contributed by atoms with E-state index in [9.17, 15) is 4.79 Å². The van der Waals surface area contributed by atoms with Gasteiger partial charge in [-0.3, -0.25) is 0 Å². The monoisotopic (exact) mass is 236 g/mol. The molecule has 4 nitrogen and oxygen atoms in total. The zero-order chi connectivity index (χ0) is 11.7. The minimum Gasteiger partial charge on any atom is -0.476 e. The zero-order valence-corrected chi connectivity index (χ0v) is 9.27. The molecule has 0 atom stereocenters. The average Bonchev–Trinajstić information content (AvgIpc) is 2.62. The van der Waals surface area contributed by atoms with Crippen LogP contribution in [0, 0.1) is 6.92 Å². The summed E-state index contributed by atoms with van der Waals surface area (Å²) < 4.78 is 1.57. The Balaban J connectivity index is 2.47. The molecule has 0 bridgehead atoms. The van der Waals surface area contributed by atoms with E-state index in [0.29, 0.717) is 5.02 Å². The average molecular weight is 237 g/mol. The van der Waals surface area contributed by atoms with Gasteiger partial charge in [0.05, 0.1) is 5.69 Å². The molecule has 0 unspecified atom stereocenters. The number of carbonyl (C=O) groups is 1. The van der Waals surface area contributed by atoms with Crippen LogP contribution in [0.5, 0.6) is 0 Å². The van der Waals surface area contributed by atoms with E-state index in [1.807, 2.05) is 0 Å². The first-order chi connectivity index (χ1) is 7.58. The third-order valence-corrected chi connectivity index (χ3v) is 2.43. The van der Waals surface area contributed by atoms with E-state index in [1.165, 1.54) is 6.07 Å². The van der Waals surface area contributed by atoms with Gasteiger partial charge in [0.1, 0.15) is 0 Å². The molecule has 0 amide bonds. The number of aromatic carboxylic acids is 1. The van der Waals surface area contributed by atoms with Gasteiger partial charge in [0.15, 0.2) is 5.69 Å². The number of aromatic nitrogens is 2. The fraction of sp³-hybridized carbons (Fsp3) is 0.0909. The molecule has 0 saturated carbocycles. The number of rotatable bonds is 2. The quantitative estimate of drug-likeness (QED) is 0.872. The molecule has 0 saturated heterocycles. The van der Waals surface area contributed by atoms with Crippen LogP contribution in [-0.4, -0.2) is 20.9 Å². The summed E-state index contributed by atoms with van der Waals surface area (Å²) in [5, 5.41) is 13.4. The maximum Gasteiger partial charge on any atom is 0.356 e. The molecule has 0 fully saturated rings. The molecule has 16 heavy (non-hydrogen) atoms. The van der Waals surface area contributed by atoms with E-state index < -0.39 is 5.97 Å². The molecule has 0 aliphatic heterocycles. The van der Waals surface area contributed by atoms with Crippen LogP contribution in [0.15, 0.2) is 30.3 Å². The van der Waals surface area contributed by atoms with Gasteiger partial charge >= 0.3 is 5.97 Å². The second-order valence-corrected chi connectivity index (χ2v) is 3.80. The first-order valence-corrected chi connectivity index (χ1v) is 5.01. The number of carboxylic acid groups (broad SMARTS) is 1. The van der Waals surface area contributed by atoms with Crippen molar-refractivity contribution in [3.63, 3.8) is 0 Å². The highest BCUT2D eigenvalue weighted by molar-refractivity contribution is 6.30. The van der Waals surface area contributed by atoms with Gasteiger partial charge < -0.3 is 5.11 Å². The number of hydrogen-bond donors (Lipinski definition) is 1. The van der Waals surface area contributed by atoms with Crippen LogP contribution in [0.1, 0.15) is 16.2 Å². The van der Waals surface area contributed by atoms with Crippen LogP contribution < -0.4 is 0 Å². The highest BCUT2D eigenvalue weighted by Gasteiger charge is 2.11. The lowest BCUT2D eigenvalue weighted by Crippen LogP contribution is -2.01. The first kappa shape index (κ1) is 10.7. The Kier molecular flexibility index (Phi) is 2.66. The number of aryl methyl sites for hydroxylation is 1. The molecule has 0 spiro atoms. The molecule has 1 aromatic heterocycles. The third kappa shape index (κ3) is 1.92. The molecule has 5 heteroatoms. The summed E-state index contributed by atoms with van der Waals surface area (Å²) in [4.78, 5) is 10.8. The van der Waals surface area contributed by atoms with E-state index in [0.717, 1.165) is 11.4 Å². The van der Waals surface area contributed by atoms with Crippen LogP contribution >= 0.6 is 11.6 Å². The molecule has 0 radical (unpaired) electrons. The van der Waals surface area contributed by atoms with Gasteiger partial charge in [-0.05, 0) is 37.3 Å². The van der Waals surface area contributed by atoms with Crippen molar-refractivity contribution < 1.29 is 9.90 Å². The van der Waals surface area contributed by atoms with Crippen LogP contribution in [-0.2, 0) is 0 Å². The molecule has 1 heterocycles. The van der Waals surface area contributed by atoms with Crippen molar-refractivity contribution >= 4 is 17.6 Å². The molecule has 1 N–H and O–H groups in total. The number of nitrogens with zero attached hydrogens (tertiary/aromatic N) is 2. The first-order valence-electron chi connectivity index (χ1n) is 4.64. The SMILES string of the molecule is Cc1cc(C(=O)O)nn1-c1ccc(Cl)cc1. The maximum atomic E-state index is 10.8. The third-order valence-electron chi connectivity index (χ3n) is 2.18. The minimum atomic E-state index is -1.03. The second kappa shape index (κ2) is 3.98. The Labute approximate surface area is 97.1 Å². The lowest BCUT2D eigenvalue weighted by molar-refractivity contribution is 0.0690. The number of halogens is 1. The van der Waals surface area contributed by atoms with Crippen LogP contribution in [0.2, 0.25) is 5.02 Å². The van der Waals surface area contributed by atoms with Crippen molar-refractivity contribution in [3.05, 3.63) is 46.7 Å². The predicted octanol–water partition coefficient (Wildman–Crippen LogP) is 2.53. The van der Waals surface area contributed by atoms with Crippen LogP contribution in [0.25, 0.3) is 5.69 Å². The van der Waals surface area contributed by atoms with Crippen molar-refractivity contribution in [1.82, 2.24) is 9.78 Å². The molecule has 2 rings (SSSR count). The fourth-order valence-electron chi connectivity index (χ4n) is 1.42.